The number of para-hydroxylation sites is 1. The fourth-order valence-corrected chi connectivity index (χ4v) is 3.81. The summed E-state index contributed by atoms with van der Waals surface area (Å²) in [4.78, 5) is 30.2. The van der Waals surface area contributed by atoms with E-state index >= 15 is 0 Å². The third kappa shape index (κ3) is 3.97. The zero-order valence-electron chi connectivity index (χ0n) is 17.6. The van der Waals surface area contributed by atoms with Gasteiger partial charge in [0.25, 0.3) is 11.8 Å². The highest BCUT2D eigenvalue weighted by Gasteiger charge is 2.42. The van der Waals surface area contributed by atoms with Gasteiger partial charge in [-0.25, -0.2) is 0 Å². The largest absolute Gasteiger partial charge is 0.496 e. The highest BCUT2D eigenvalue weighted by molar-refractivity contribution is 6.35. The van der Waals surface area contributed by atoms with Crippen molar-refractivity contribution in [3.8, 4) is 5.75 Å². The first kappa shape index (κ1) is 20.5. The van der Waals surface area contributed by atoms with Crippen LogP contribution in [0.1, 0.15) is 23.8 Å². The number of ether oxygens (including phenoxy) is 1. The Kier molecular flexibility index (Phi) is 5.89. The number of benzene rings is 2. The third-order valence-electron chi connectivity index (χ3n) is 5.33. The van der Waals surface area contributed by atoms with Gasteiger partial charge in [-0.3, -0.25) is 14.5 Å². The molecule has 3 aromatic rings. The molecule has 31 heavy (non-hydrogen) atoms. The summed E-state index contributed by atoms with van der Waals surface area (Å²) in [7, 11) is 1.56. The molecule has 1 aliphatic rings. The zero-order chi connectivity index (χ0) is 21.8. The van der Waals surface area contributed by atoms with Crippen molar-refractivity contribution in [1.82, 2.24) is 9.80 Å². The minimum atomic E-state index is -0.354. The third-order valence-corrected chi connectivity index (χ3v) is 5.33. The van der Waals surface area contributed by atoms with Gasteiger partial charge in [-0.15, -0.1) is 0 Å². The van der Waals surface area contributed by atoms with E-state index in [1.807, 2.05) is 60.4 Å². The molecule has 0 N–H and O–H groups in total. The van der Waals surface area contributed by atoms with Crippen molar-refractivity contribution >= 4 is 17.4 Å². The molecule has 6 nitrogen and oxygen atoms in total. The molecule has 158 valence electrons. The number of furan rings is 1. The maximum Gasteiger partial charge on any atom is 0.278 e. The second-order valence-electron chi connectivity index (χ2n) is 7.20. The van der Waals surface area contributed by atoms with E-state index in [1.165, 1.54) is 11.2 Å². The van der Waals surface area contributed by atoms with E-state index in [1.54, 1.807) is 25.3 Å². The molecule has 0 bridgehead atoms. The maximum absolute atomic E-state index is 13.5. The summed E-state index contributed by atoms with van der Waals surface area (Å²) >= 11 is 0. The number of hydrogen-bond donors (Lipinski definition) is 0. The van der Waals surface area contributed by atoms with Crippen LogP contribution in [0.25, 0.3) is 5.57 Å². The van der Waals surface area contributed by atoms with Gasteiger partial charge in [0.1, 0.15) is 17.2 Å². The number of rotatable bonds is 8. The van der Waals surface area contributed by atoms with Gasteiger partial charge in [0.15, 0.2) is 0 Å². The van der Waals surface area contributed by atoms with Crippen molar-refractivity contribution < 1.29 is 18.7 Å². The second-order valence-corrected chi connectivity index (χ2v) is 7.20. The molecule has 0 spiro atoms. The molecule has 0 saturated carbocycles. The van der Waals surface area contributed by atoms with E-state index in [0.29, 0.717) is 41.4 Å². The van der Waals surface area contributed by atoms with Gasteiger partial charge in [-0.05, 0) is 30.7 Å². The molecule has 0 aliphatic carbocycles. The first-order valence-electron chi connectivity index (χ1n) is 10.2. The summed E-state index contributed by atoms with van der Waals surface area (Å²) in [5.74, 6) is 0.410. The summed E-state index contributed by atoms with van der Waals surface area (Å²) in [6.07, 6.45) is 1.53. The smallest absolute Gasteiger partial charge is 0.278 e. The molecular formula is C25H24N2O4. The van der Waals surface area contributed by atoms with Crippen LogP contribution in [0.5, 0.6) is 5.75 Å². The van der Waals surface area contributed by atoms with Gasteiger partial charge in [-0.2, -0.15) is 0 Å². The lowest BCUT2D eigenvalue weighted by atomic mass is 10.0. The van der Waals surface area contributed by atoms with Crippen molar-refractivity contribution in [1.29, 1.82) is 0 Å². The zero-order valence-corrected chi connectivity index (χ0v) is 17.6. The average molecular weight is 416 g/mol. The number of likely N-dealkylation sites (N-methyl/N-ethyl adjacent to an activating group) is 1. The molecule has 0 unspecified atom stereocenters. The summed E-state index contributed by atoms with van der Waals surface area (Å²) in [6.45, 7) is 3.13. The Hall–Kier alpha value is -3.80. The maximum atomic E-state index is 13.5. The molecule has 4 rings (SSSR count). The van der Waals surface area contributed by atoms with Crippen LogP contribution in [0, 0.1) is 0 Å². The second kappa shape index (κ2) is 8.92. The normalized spacial score (nSPS) is 13.8. The lowest BCUT2D eigenvalue weighted by molar-refractivity contribution is -0.138. The number of carbonyl (C=O) groups excluding carboxylic acids is 2. The minimum Gasteiger partial charge on any atom is -0.496 e. The van der Waals surface area contributed by atoms with Gasteiger partial charge in [0.05, 0.1) is 25.5 Å². The van der Waals surface area contributed by atoms with Gasteiger partial charge < -0.3 is 14.1 Å². The minimum absolute atomic E-state index is 0.0791. The van der Waals surface area contributed by atoms with Crippen molar-refractivity contribution in [2.75, 3.05) is 13.7 Å². The van der Waals surface area contributed by atoms with E-state index in [4.69, 9.17) is 9.15 Å². The molecule has 0 fully saturated rings. The van der Waals surface area contributed by atoms with E-state index < -0.39 is 0 Å². The molecule has 1 aromatic heterocycles. The lowest BCUT2D eigenvalue weighted by Crippen LogP contribution is -2.34. The van der Waals surface area contributed by atoms with Gasteiger partial charge in [0.2, 0.25) is 0 Å². The monoisotopic (exact) mass is 416 g/mol. The number of hydrogen-bond acceptors (Lipinski definition) is 5. The predicted molar refractivity (Wildman–Crippen MR) is 117 cm³/mol. The van der Waals surface area contributed by atoms with Gasteiger partial charge in [0, 0.05) is 18.7 Å². The molecule has 2 heterocycles. The molecule has 2 aromatic carbocycles. The Balaban J connectivity index is 1.81. The van der Waals surface area contributed by atoms with Crippen molar-refractivity contribution in [2.45, 2.75) is 20.0 Å². The first-order valence-corrected chi connectivity index (χ1v) is 10.2. The molecular weight excluding hydrogens is 392 g/mol. The fourth-order valence-electron chi connectivity index (χ4n) is 3.81. The SMILES string of the molecule is CCN(Cc1ccccc1)C1=C(c2ccccc2OC)C(=O)N(Cc2ccco2)C1=O. The topological polar surface area (TPSA) is 63.0 Å². The van der Waals surface area contributed by atoms with Crippen LogP contribution >= 0.6 is 0 Å². The Morgan fingerprint density at radius 3 is 2.35 bits per heavy atom. The van der Waals surface area contributed by atoms with Crippen LogP contribution in [0.2, 0.25) is 0 Å². The number of methoxy groups -OCH3 is 1. The quantitative estimate of drug-likeness (QED) is 0.518. The van der Waals surface area contributed by atoms with E-state index in [9.17, 15) is 9.59 Å². The van der Waals surface area contributed by atoms with Crippen LogP contribution < -0.4 is 4.74 Å². The number of amides is 2. The standard InChI is InChI=1S/C25H24N2O4/c1-3-26(16-18-10-5-4-6-11-18)23-22(20-13-7-8-14-21(20)30-2)24(28)27(25(23)29)17-19-12-9-15-31-19/h4-15H,3,16-17H2,1-2H3. The Labute approximate surface area is 181 Å². The Morgan fingerprint density at radius 2 is 1.68 bits per heavy atom. The fraction of sp³-hybridized carbons (Fsp3) is 0.200. The lowest BCUT2D eigenvalue weighted by Gasteiger charge is -2.25. The van der Waals surface area contributed by atoms with Gasteiger partial charge in [-0.1, -0.05) is 48.5 Å². The van der Waals surface area contributed by atoms with E-state index in [-0.39, 0.29) is 18.4 Å². The molecule has 2 amide bonds. The first-order chi connectivity index (χ1) is 15.1. The predicted octanol–water partition coefficient (Wildman–Crippen LogP) is 4.09. The molecule has 1 aliphatic heterocycles. The Morgan fingerprint density at radius 1 is 0.935 bits per heavy atom. The van der Waals surface area contributed by atoms with Crippen LogP contribution in [0.15, 0.2) is 83.1 Å². The molecule has 6 heteroatoms. The summed E-state index contributed by atoms with van der Waals surface area (Å²) in [5, 5.41) is 0. The number of imide groups is 1. The van der Waals surface area contributed by atoms with Crippen LogP contribution in [-0.4, -0.2) is 35.3 Å². The summed E-state index contributed by atoms with van der Waals surface area (Å²) in [5.41, 5.74) is 2.40. The van der Waals surface area contributed by atoms with E-state index in [0.717, 1.165) is 5.56 Å². The number of carbonyl (C=O) groups is 2. The number of nitrogens with zero attached hydrogens (tertiary/aromatic N) is 2. The van der Waals surface area contributed by atoms with Gasteiger partial charge >= 0.3 is 0 Å². The highest BCUT2D eigenvalue weighted by Crippen LogP contribution is 2.37. The van der Waals surface area contributed by atoms with Crippen LogP contribution in [-0.2, 0) is 22.7 Å². The van der Waals surface area contributed by atoms with Crippen molar-refractivity contribution in [3.63, 3.8) is 0 Å². The Bertz CT molecular complexity index is 1100. The molecule has 0 atom stereocenters. The molecule has 0 saturated heterocycles. The van der Waals surface area contributed by atoms with Crippen LogP contribution in [0.3, 0.4) is 0 Å². The van der Waals surface area contributed by atoms with E-state index in [2.05, 4.69) is 0 Å². The van der Waals surface area contributed by atoms with Crippen molar-refractivity contribution in [2.24, 2.45) is 0 Å². The summed E-state index contributed by atoms with van der Waals surface area (Å²) < 4.78 is 10.9. The molecule has 0 radical (unpaired) electrons. The average Bonchev–Trinajstić information content (AvgIpc) is 3.40. The highest BCUT2D eigenvalue weighted by atomic mass is 16.5. The summed E-state index contributed by atoms with van der Waals surface area (Å²) in [6, 6.07) is 20.7. The van der Waals surface area contributed by atoms with Crippen LogP contribution in [0.4, 0.5) is 0 Å². The van der Waals surface area contributed by atoms with Crippen molar-refractivity contribution in [3.05, 3.63) is 95.6 Å².